The van der Waals surface area contributed by atoms with Crippen LogP contribution >= 0.6 is 27.9 Å². The highest BCUT2D eigenvalue weighted by molar-refractivity contribution is 9.06. The average molecular weight is 553 g/mol. The molecule has 0 saturated carbocycles. The molecule has 2 amide bonds. The van der Waals surface area contributed by atoms with E-state index >= 15 is 0 Å². The van der Waals surface area contributed by atoms with Crippen LogP contribution in [-0.4, -0.2) is 37.0 Å². The van der Waals surface area contributed by atoms with Gasteiger partial charge in [-0.2, -0.15) is 0 Å². The smallest absolute Gasteiger partial charge is 0.320 e. The number of halogens is 2. The van der Waals surface area contributed by atoms with Gasteiger partial charge in [0.25, 0.3) is 11.8 Å². The monoisotopic (exact) mass is 551 g/mol. The first-order valence-corrected chi connectivity index (χ1v) is 11.9. The number of nitrogens with two attached hydrogens (primary N) is 1. The topological polar surface area (TPSA) is 111 Å². The first-order valence-electron chi connectivity index (χ1n) is 10.9. The minimum Gasteiger partial charge on any atom is -0.495 e. The number of methoxy groups -OCH3 is 1. The molecule has 1 fully saturated rings. The number of carbonyl (C=O) groups excluding carboxylic acids is 3. The third-order valence-corrected chi connectivity index (χ3v) is 7.00. The van der Waals surface area contributed by atoms with Gasteiger partial charge in [0, 0.05) is 24.7 Å². The number of hydrogen-bond acceptors (Lipinski definition) is 6. The molecule has 3 rings (SSSR count). The fourth-order valence-electron chi connectivity index (χ4n) is 4.85. The highest BCUT2D eigenvalue weighted by Gasteiger charge is 2.61. The van der Waals surface area contributed by atoms with Crippen molar-refractivity contribution < 1.29 is 22.9 Å². The number of primary amides is 1. The number of rotatable bonds is 8. The van der Waals surface area contributed by atoms with Gasteiger partial charge in [-0.1, -0.05) is 42.8 Å². The second-order valence-corrected chi connectivity index (χ2v) is 8.81. The molecule has 1 aliphatic heterocycles. The molecule has 0 aromatic heterocycles. The third-order valence-electron chi connectivity index (χ3n) is 6.39. The summed E-state index contributed by atoms with van der Waals surface area (Å²) >= 11 is 8.97. The Labute approximate surface area is 212 Å². The molecule has 0 aliphatic carbocycles. The zero-order valence-corrected chi connectivity index (χ0v) is 21.3. The maximum Gasteiger partial charge on any atom is 0.320 e. The lowest BCUT2D eigenvalue weighted by Gasteiger charge is -2.51. The molecule has 3 atom stereocenters. The Kier molecular flexibility index (Phi) is 8.43. The Morgan fingerprint density at radius 1 is 1.24 bits per heavy atom. The molecular weight excluding hydrogens is 526 g/mol. The zero-order chi connectivity index (χ0) is 24.9. The largest absolute Gasteiger partial charge is 0.495 e. The van der Waals surface area contributed by atoms with Crippen molar-refractivity contribution in [2.45, 2.75) is 31.8 Å². The molecule has 182 valence electrons. The number of piperidine rings is 1. The van der Waals surface area contributed by atoms with Crippen molar-refractivity contribution in [3.8, 4) is 5.75 Å². The van der Waals surface area contributed by atoms with Crippen molar-refractivity contribution in [1.82, 2.24) is 5.32 Å². The lowest BCUT2D eigenvalue weighted by molar-refractivity contribution is -0.147. The third kappa shape index (κ3) is 4.72. The summed E-state index contributed by atoms with van der Waals surface area (Å²) in [7, 11) is 1.51. The van der Waals surface area contributed by atoms with Gasteiger partial charge in [-0.3, -0.25) is 14.4 Å². The Morgan fingerprint density at radius 2 is 1.94 bits per heavy atom. The van der Waals surface area contributed by atoms with Gasteiger partial charge in [-0.05, 0) is 42.7 Å². The summed E-state index contributed by atoms with van der Waals surface area (Å²) < 4.78 is 9.99. The van der Waals surface area contributed by atoms with E-state index in [0.29, 0.717) is 34.9 Å². The molecule has 0 radical (unpaired) electrons. The van der Waals surface area contributed by atoms with Crippen LogP contribution in [0.3, 0.4) is 0 Å². The Balaban J connectivity index is 2.04. The van der Waals surface area contributed by atoms with Crippen LogP contribution in [0.4, 0.5) is 5.69 Å². The number of anilines is 1. The number of amides is 2. The number of para-hydroxylation sites is 1. The molecule has 2 aromatic carbocycles. The summed E-state index contributed by atoms with van der Waals surface area (Å²) in [6.07, 6.45) is 0.745. The van der Waals surface area contributed by atoms with Crippen molar-refractivity contribution in [2.75, 3.05) is 18.6 Å². The highest BCUT2D eigenvalue weighted by Crippen LogP contribution is 2.43. The average Bonchev–Trinajstić information content (AvgIpc) is 2.86. The normalized spacial score (nSPS) is 22.1. The van der Waals surface area contributed by atoms with Crippen LogP contribution in [0, 0.1) is 11.8 Å². The molecule has 10 heteroatoms. The number of nitrogens with one attached hydrogen (secondary N) is 1. The van der Waals surface area contributed by atoms with Crippen LogP contribution in [0.5, 0.6) is 5.75 Å². The molecular formula is C24H27BrClN3O5. The molecule has 3 unspecified atom stereocenters. The minimum atomic E-state index is -1.81. The van der Waals surface area contributed by atoms with Gasteiger partial charge in [-0.25, -0.2) is 0 Å². The fraction of sp³-hybridized carbons (Fsp3) is 0.375. The van der Waals surface area contributed by atoms with Crippen molar-refractivity contribution in [3.63, 3.8) is 0 Å². The molecule has 0 spiro atoms. The van der Waals surface area contributed by atoms with E-state index in [4.69, 9.17) is 25.9 Å². The lowest BCUT2D eigenvalue weighted by Crippen LogP contribution is -2.73. The van der Waals surface area contributed by atoms with E-state index in [1.54, 1.807) is 23.1 Å². The number of ether oxygens (including phenoxy) is 1. The zero-order valence-electron chi connectivity index (χ0n) is 18.9. The summed E-state index contributed by atoms with van der Waals surface area (Å²) in [6.45, 7) is 2.18. The van der Waals surface area contributed by atoms with Gasteiger partial charge >= 0.3 is 5.97 Å². The lowest BCUT2D eigenvalue weighted by atomic mass is 9.67. The van der Waals surface area contributed by atoms with Crippen LogP contribution in [0.1, 0.15) is 25.3 Å². The molecule has 1 aliphatic rings. The second kappa shape index (κ2) is 11.1. The minimum absolute atomic E-state index is 0.101. The standard InChI is InChI=1S/C24H27BrClN3O5/c1-3-18-17(21(30)34-25)11-12-29(16-7-5-4-6-8-16)24(18,22(27)31)23(32)28-14-15-9-10-20(33-2)19(26)13-15/h4-10,13,17-18H,3,11-12,14H2,1-2H3,(H2,27,31)(H,28,32). The summed E-state index contributed by atoms with van der Waals surface area (Å²) in [6, 6.07) is 14.2. The molecule has 2 aromatic rings. The quantitative estimate of drug-likeness (QED) is 0.484. The van der Waals surface area contributed by atoms with Crippen molar-refractivity contribution in [2.24, 2.45) is 17.6 Å². The van der Waals surface area contributed by atoms with Crippen molar-refractivity contribution >= 4 is 51.3 Å². The summed E-state index contributed by atoms with van der Waals surface area (Å²) in [5.74, 6) is -2.87. The molecule has 1 saturated heterocycles. The Bertz CT molecular complexity index is 1050. The van der Waals surface area contributed by atoms with Crippen LogP contribution in [0.2, 0.25) is 5.02 Å². The summed E-state index contributed by atoms with van der Waals surface area (Å²) in [5.41, 5.74) is 5.55. The maximum atomic E-state index is 13.9. The number of carbonyl (C=O) groups is 3. The number of hydrogen-bond donors (Lipinski definition) is 2. The molecule has 8 nitrogen and oxygen atoms in total. The van der Waals surface area contributed by atoms with E-state index in [-0.39, 0.29) is 13.1 Å². The van der Waals surface area contributed by atoms with Gasteiger partial charge in [-0.15, -0.1) is 0 Å². The van der Waals surface area contributed by atoms with E-state index < -0.39 is 35.2 Å². The summed E-state index contributed by atoms with van der Waals surface area (Å²) in [4.78, 5) is 41.4. The Morgan fingerprint density at radius 3 is 2.50 bits per heavy atom. The number of nitrogens with zero attached hydrogens (tertiary/aromatic N) is 1. The van der Waals surface area contributed by atoms with Gasteiger partial charge in [0.2, 0.25) is 5.54 Å². The maximum absolute atomic E-state index is 13.9. The van der Waals surface area contributed by atoms with E-state index in [0.717, 1.165) is 0 Å². The fourth-order valence-corrected chi connectivity index (χ4v) is 5.37. The Hall–Kier alpha value is -2.78. The first kappa shape index (κ1) is 25.8. The highest BCUT2D eigenvalue weighted by atomic mass is 79.9. The van der Waals surface area contributed by atoms with Crippen LogP contribution in [0.25, 0.3) is 0 Å². The van der Waals surface area contributed by atoms with Gasteiger partial charge in [0.15, 0.2) is 16.3 Å². The van der Waals surface area contributed by atoms with Crippen molar-refractivity contribution in [1.29, 1.82) is 0 Å². The first-order chi connectivity index (χ1) is 16.3. The predicted octanol–water partition coefficient (Wildman–Crippen LogP) is 3.59. The second-order valence-electron chi connectivity index (χ2n) is 8.08. The van der Waals surface area contributed by atoms with Crippen LogP contribution in [0.15, 0.2) is 48.5 Å². The predicted molar refractivity (Wildman–Crippen MR) is 132 cm³/mol. The van der Waals surface area contributed by atoms with E-state index in [1.807, 2.05) is 37.3 Å². The number of benzene rings is 2. The van der Waals surface area contributed by atoms with Crippen molar-refractivity contribution in [3.05, 3.63) is 59.1 Å². The molecule has 0 bridgehead atoms. The molecule has 34 heavy (non-hydrogen) atoms. The van der Waals surface area contributed by atoms with E-state index in [9.17, 15) is 14.4 Å². The van der Waals surface area contributed by atoms with Gasteiger partial charge in [0.05, 0.1) is 18.1 Å². The SMILES string of the molecule is CCC1C(C(=O)OBr)CCN(c2ccccc2)C1(C(N)=O)C(=O)NCc1ccc(OC)c(Cl)c1. The van der Waals surface area contributed by atoms with E-state index in [2.05, 4.69) is 21.6 Å². The van der Waals surface area contributed by atoms with Gasteiger partial charge in [0.1, 0.15) is 5.75 Å². The van der Waals surface area contributed by atoms with Crippen LogP contribution in [-0.2, 0) is 24.8 Å². The van der Waals surface area contributed by atoms with Gasteiger partial charge < -0.3 is 24.5 Å². The molecule has 1 heterocycles. The van der Waals surface area contributed by atoms with Crippen LogP contribution < -0.4 is 20.7 Å². The summed E-state index contributed by atoms with van der Waals surface area (Å²) in [5, 5.41) is 3.25. The van der Waals surface area contributed by atoms with E-state index in [1.165, 1.54) is 7.11 Å². The molecule has 3 N–H and O–H groups in total.